The van der Waals surface area contributed by atoms with E-state index in [4.69, 9.17) is 5.73 Å². The van der Waals surface area contributed by atoms with Crippen LogP contribution in [0.25, 0.3) is 0 Å². The summed E-state index contributed by atoms with van der Waals surface area (Å²) in [6.45, 7) is 5.38. The van der Waals surface area contributed by atoms with Crippen molar-refractivity contribution in [2.24, 2.45) is 10.7 Å². The summed E-state index contributed by atoms with van der Waals surface area (Å²) in [6, 6.07) is 15.5. The molecule has 5 nitrogen and oxygen atoms in total. The van der Waals surface area contributed by atoms with Gasteiger partial charge in [0.1, 0.15) is 0 Å². The number of hydrogen-bond acceptors (Lipinski definition) is 2. The minimum Gasteiger partial charge on any atom is -0.370 e. The Hall–Kier alpha value is -2.82. The van der Waals surface area contributed by atoms with Crippen LogP contribution in [0.2, 0.25) is 0 Å². The minimum atomic E-state index is -0.0647. The van der Waals surface area contributed by atoms with Crippen molar-refractivity contribution >= 4 is 17.6 Å². The van der Waals surface area contributed by atoms with Gasteiger partial charge in [0.15, 0.2) is 5.96 Å². The molecule has 0 bridgehead atoms. The lowest BCUT2D eigenvalue weighted by molar-refractivity contribution is 0.0953. The molecule has 2 rings (SSSR count). The minimum absolute atomic E-state index is 0.0647. The van der Waals surface area contributed by atoms with E-state index in [1.165, 1.54) is 11.1 Å². The first-order chi connectivity index (χ1) is 12.7. The van der Waals surface area contributed by atoms with E-state index in [0.717, 1.165) is 24.9 Å². The zero-order valence-electron chi connectivity index (χ0n) is 15.6. The van der Waals surface area contributed by atoms with Crippen molar-refractivity contribution in [3.63, 3.8) is 0 Å². The second-order valence-electron chi connectivity index (χ2n) is 6.03. The highest BCUT2D eigenvalue weighted by Crippen LogP contribution is 2.22. The molecule has 0 aliphatic heterocycles. The lowest BCUT2D eigenvalue weighted by Gasteiger charge is -2.14. The molecule has 138 valence electrons. The Morgan fingerprint density at radius 1 is 1.00 bits per heavy atom. The average molecular weight is 352 g/mol. The Morgan fingerprint density at radius 2 is 1.65 bits per heavy atom. The number of nitrogens with zero attached hydrogens (tertiary/aromatic N) is 1. The highest BCUT2D eigenvalue weighted by molar-refractivity contribution is 5.94. The first-order valence-electron chi connectivity index (χ1n) is 9.16. The van der Waals surface area contributed by atoms with Crippen LogP contribution in [0.5, 0.6) is 0 Å². The molecule has 0 aliphatic carbocycles. The van der Waals surface area contributed by atoms with Crippen molar-refractivity contribution in [1.29, 1.82) is 0 Å². The Kier molecular flexibility index (Phi) is 7.68. The van der Waals surface area contributed by atoms with Crippen molar-refractivity contribution < 1.29 is 4.79 Å². The van der Waals surface area contributed by atoms with Crippen LogP contribution in [0.15, 0.2) is 53.5 Å². The lowest BCUT2D eigenvalue weighted by atomic mass is 10.0. The molecule has 26 heavy (non-hydrogen) atoms. The maximum Gasteiger partial charge on any atom is 0.251 e. The molecule has 0 aliphatic rings. The van der Waals surface area contributed by atoms with Gasteiger partial charge in [0.2, 0.25) is 0 Å². The number of hydrogen-bond donors (Lipinski definition) is 3. The number of aliphatic imine (C=N–C) groups is 1. The van der Waals surface area contributed by atoms with Gasteiger partial charge in [-0.1, -0.05) is 50.2 Å². The van der Waals surface area contributed by atoms with Crippen LogP contribution in [-0.4, -0.2) is 25.0 Å². The number of nitrogens with one attached hydrogen (secondary N) is 2. The number of carbonyl (C=O) groups excluding carboxylic acids is 1. The molecule has 0 atom stereocenters. The predicted molar refractivity (Wildman–Crippen MR) is 109 cm³/mol. The third-order valence-corrected chi connectivity index (χ3v) is 4.19. The van der Waals surface area contributed by atoms with E-state index in [-0.39, 0.29) is 5.91 Å². The topological polar surface area (TPSA) is 79.5 Å². The Balaban J connectivity index is 1.81. The standard InChI is InChI=1S/C21H28N4O/c1-3-16-12-8-13-17(4-2)19(16)25-21(22)24-15-9-14-23-20(26)18-10-6-5-7-11-18/h5-8,10-13H,3-4,9,14-15H2,1-2H3,(H,23,26)(H3,22,24,25). The van der Waals surface area contributed by atoms with Crippen LogP contribution >= 0.6 is 0 Å². The summed E-state index contributed by atoms with van der Waals surface area (Å²) in [7, 11) is 0. The fraction of sp³-hybridized carbons (Fsp3) is 0.333. The molecule has 5 heteroatoms. The van der Waals surface area contributed by atoms with E-state index >= 15 is 0 Å². The van der Waals surface area contributed by atoms with Crippen LogP contribution in [0.4, 0.5) is 5.69 Å². The molecular formula is C21H28N4O. The van der Waals surface area contributed by atoms with Gasteiger partial charge in [-0.3, -0.25) is 9.79 Å². The Bertz CT molecular complexity index is 719. The molecule has 0 heterocycles. The number of para-hydroxylation sites is 1. The van der Waals surface area contributed by atoms with Gasteiger partial charge < -0.3 is 16.4 Å². The van der Waals surface area contributed by atoms with Crippen LogP contribution in [-0.2, 0) is 12.8 Å². The fourth-order valence-electron chi connectivity index (χ4n) is 2.74. The summed E-state index contributed by atoms with van der Waals surface area (Å²) in [5, 5.41) is 6.14. The summed E-state index contributed by atoms with van der Waals surface area (Å²) in [6.07, 6.45) is 2.61. The van der Waals surface area contributed by atoms with E-state index in [0.29, 0.717) is 24.6 Å². The highest BCUT2D eigenvalue weighted by Gasteiger charge is 2.07. The maximum atomic E-state index is 11.9. The molecule has 0 spiro atoms. The smallest absolute Gasteiger partial charge is 0.251 e. The zero-order chi connectivity index (χ0) is 18.8. The number of guanidine groups is 1. The molecule has 2 aromatic carbocycles. The molecule has 0 aromatic heterocycles. The molecule has 0 saturated carbocycles. The second-order valence-corrected chi connectivity index (χ2v) is 6.03. The van der Waals surface area contributed by atoms with Gasteiger partial charge in [-0.05, 0) is 42.5 Å². The number of anilines is 1. The highest BCUT2D eigenvalue weighted by atomic mass is 16.1. The lowest BCUT2D eigenvalue weighted by Crippen LogP contribution is -2.26. The molecule has 4 N–H and O–H groups in total. The first kappa shape index (κ1) is 19.5. The Morgan fingerprint density at radius 3 is 2.27 bits per heavy atom. The molecule has 0 fully saturated rings. The Labute approximate surface area is 155 Å². The first-order valence-corrected chi connectivity index (χ1v) is 9.16. The molecule has 0 radical (unpaired) electrons. The average Bonchev–Trinajstić information content (AvgIpc) is 2.68. The van der Waals surface area contributed by atoms with Gasteiger partial charge >= 0.3 is 0 Å². The maximum absolute atomic E-state index is 11.9. The van der Waals surface area contributed by atoms with Crippen LogP contribution in [0.1, 0.15) is 41.8 Å². The van der Waals surface area contributed by atoms with Gasteiger partial charge in [-0.2, -0.15) is 0 Å². The van der Waals surface area contributed by atoms with Crippen molar-refractivity contribution in [2.75, 3.05) is 18.4 Å². The van der Waals surface area contributed by atoms with Crippen molar-refractivity contribution in [2.45, 2.75) is 33.1 Å². The molecule has 0 saturated heterocycles. The predicted octanol–water partition coefficient (Wildman–Crippen LogP) is 3.36. The van der Waals surface area contributed by atoms with Gasteiger partial charge in [0.25, 0.3) is 5.91 Å². The quantitative estimate of drug-likeness (QED) is 0.387. The third kappa shape index (κ3) is 5.62. The van der Waals surface area contributed by atoms with Crippen LogP contribution < -0.4 is 16.4 Å². The third-order valence-electron chi connectivity index (χ3n) is 4.19. The number of nitrogens with two attached hydrogens (primary N) is 1. The van der Waals surface area contributed by atoms with E-state index in [1.807, 2.05) is 18.2 Å². The van der Waals surface area contributed by atoms with Gasteiger partial charge in [0, 0.05) is 24.3 Å². The number of rotatable bonds is 8. The SMILES string of the molecule is CCc1cccc(CC)c1NC(N)=NCCCNC(=O)c1ccccc1. The second kappa shape index (κ2) is 10.2. The fourth-order valence-corrected chi connectivity index (χ4v) is 2.74. The normalized spacial score (nSPS) is 11.2. The zero-order valence-corrected chi connectivity index (χ0v) is 15.6. The number of carbonyl (C=O) groups is 1. The van der Waals surface area contributed by atoms with Crippen LogP contribution in [0, 0.1) is 0 Å². The monoisotopic (exact) mass is 352 g/mol. The number of aryl methyl sites for hydroxylation is 2. The molecular weight excluding hydrogens is 324 g/mol. The molecule has 0 unspecified atom stereocenters. The van der Waals surface area contributed by atoms with Crippen molar-refractivity contribution in [3.8, 4) is 0 Å². The van der Waals surface area contributed by atoms with Crippen molar-refractivity contribution in [1.82, 2.24) is 5.32 Å². The molecule has 2 aromatic rings. The van der Waals surface area contributed by atoms with E-state index < -0.39 is 0 Å². The number of amides is 1. The van der Waals surface area contributed by atoms with Gasteiger partial charge in [-0.25, -0.2) is 0 Å². The summed E-state index contributed by atoms with van der Waals surface area (Å²) in [5.41, 5.74) is 10.2. The van der Waals surface area contributed by atoms with Gasteiger partial charge in [0.05, 0.1) is 0 Å². The summed E-state index contributed by atoms with van der Waals surface area (Å²) < 4.78 is 0. The summed E-state index contributed by atoms with van der Waals surface area (Å²) in [4.78, 5) is 16.3. The van der Waals surface area contributed by atoms with E-state index in [1.54, 1.807) is 12.1 Å². The van der Waals surface area contributed by atoms with Crippen LogP contribution in [0.3, 0.4) is 0 Å². The molecule has 1 amide bonds. The van der Waals surface area contributed by atoms with E-state index in [9.17, 15) is 4.79 Å². The van der Waals surface area contributed by atoms with Gasteiger partial charge in [-0.15, -0.1) is 0 Å². The van der Waals surface area contributed by atoms with Crippen molar-refractivity contribution in [3.05, 3.63) is 65.2 Å². The largest absolute Gasteiger partial charge is 0.370 e. The van der Waals surface area contributed by atoms with E-state index in [2.05, 4.69) is 47.7 Å². The summed E-state index contributed by atoms with van der Waals surface area (Å²) in [5.74, 6) is 0.347. The number of benzene rings is 2. The summed E-state index contributed by atoms with van der Waals surface area (Å²) >= 11 is 0.